The highest BCUT2D eigenvalue weighted by atomic mass is 28.3. The summed E-state index contributed by atoms with van der Waals surface area (Å²) >= 11 is 0. The third-order valence-corrected chi connectivity index (χ3v) is 4.09. The van der Waals surface area contributed by atoms with Gasteiger partial charge in [0.25, 0.3) is 0 Å². The smallest absolute Gasteiger partial charge is 0.330 e. The lowest BCUT2D eigenvalue weighted by molar-refractivity contribution is -0.135. The molecule has 0 saturated carbocycles. The number of benzene rings is 1. The molecular weight excluding hydrogens is 282 g/mol. The Bertz CT molecular complexity index is 506. The second kappa shape index (κ2) is 7.78. The zero-order valence-electron chi connectivity index (χ0n) is 13.1. The van der Waals surface area contributed by atoms with Crippen LogP contribution in [0.25, 0.3) is 0 Å². The van der Waals surface area contributed by atoms with Gasteiger partial charge in [-0.1, -0.05) is 50.0 Å². The van der Waals surface area contributed by atoms with E-state index in [1.165, 1.54) is 19.3 Å². The molecule has 1 rings (SSSR count). The molecule has 1 aromatic rings. The van der Waals surface area contributed by atoms with E-state index < -0.39 is 14.0 Å². The molecule has 0 N–H and O–H groups in total. The molecule has 0 atom stereocenters. The fourth-order valence-corrected chi connectivity index (χ4v) is 3.31. The lowest BCUT2D eigenvalue weighted by Gasteiger charge is -2.28. The first-order valence-electron chi connectivity index (χ1n) is 6.91. The van der Waals surface area contributed by atoms with Gasteiger partial charge in [-0.15, -0.1) is 0 Å². The van der Waals surface area contributed by atoms with Crippen molar-refractivity contribution < 1.29 is 14.3 Å². The van der Waals surface area contributed by atoms with Crippen LogP contribution >= 0.6 is 0 Å². The van der Waals surface area contributed by atoms with Gasteiger partial charge in [0.15, 0.2) is 0 Å². The summed E-state index contributed by atoms with van der Waals surface area (Å²) in [6, 6.07) is 9.85. The predicted octanol–water partition coefficient (Wildman–Crippen LogP) is 2.62. The summed E-state index contributed by atoms with van der Waals surface area (Å²) < 4.78 is 4.51. The molecule has 0 aromatic heterocycles. The van der Waals surface area contributed by atoms with Crippen molar-refractivity contribution in [2.24, 2.45) is 0 Å². The molecule has 1 aromatic carbocycles. The van der Waals surface area contributed by atoms with Crippen molar-refractivity contribution in [1.82, 2.24) is 4.90 Å². The summed E-state index contributed by atoms with van der Waals surface area (Å²) in [5, 5.41) is 0. The highest BCUT2D eigenvalue weighted by Crippen LogP contribution is 2.10. The zero-order valence-corrected chi connectivity index (χ0v) is 14.1. The first-order chi connectivity index (χ1) is 9.81. The molecule has 114 valence electrons. The van der Waals surface area contributed by atoms with Gasteiger partial charge in [0.2, 0.25) is 5.91 Å². The molecule has 0 spiro atoms. The van der Waals surface area contributed by atoms with Gasteiger partial charge in [-0.2, -0.15) is 0 Å². The summed E-state index contributed by atoms with van der Waals surface area (Å²) in [6.07, 6.45) is 3.20. The third kappa shape index (κ3) is 6.90. The molecule has 0 radical (unpaired) electrons. The van der Waals surface area contributed by atoms with E-state index in [0.29, 0.717) is 6.54 Å². The van der Waals surface area contributed by atoms with Gasteiger partial charge in [0, 0.05) is 24.9 Å². The maximum absolute atomic E-state index is 12.3. The number of rotatable bonds is 6. The van der Waals surface area contributed by atoms with E-state index in [0.717, 1.165) is 11.7 Å². The van der Waals surface area contributed by atoms with Crippen molar-refractivity contribution in [3.63, 3.8) is 0 Å². The molecule has 0 saturated heterocycles. The molecule has 0 unspecified atom stereocenters. The van der Waals surface area contributed by atoms with Crippen molar-refractivity contribution in [3.05, 3.63) is 48.0 Å². The van der Waals surface area contributed by atoms with Crippen LogP contribution in [0.4, 0.5) is 0 Å². The maximum Gasteiger partial charge on any atom is 0.330 e. The molecule has 0 fully saturated rings. The number of carbonyl (C=O) groups excluding carboxylic acids is 2. The second-order valence-electron chi connectivity index (χ2n) is 6.10. The van der Waals surface area contributed by atoms with E-state index in [1.54, 1.807) is 4.90 Å². The Kier molecular flexibility index (Phi) is 6.36. The average molecular weight is 305 g/mol. The van der Waals surface area contributed by atoms with Crippen molar-refractivity contribution >= 4 is 20.0 Å². The maximum atomic E-state index is 12.3. The van der Waals surface area contributed by atoms with Crippen LogP contribution < -0.4 is 0 Å². The number of carbonyl (C=O) groups is 2. The number of nitrogens with zero attached hydrogens (tertiary/aromatic N) is 1. The SMILES string of the molecule is COC(=O)/C=C/C(=O)N(Cc1ccccc1)C[Si](C)(C)C. The van der Waals surface area contributed by atoms with Crippen molar-refractivity contribution in [1.29, 1.82) is 0 Å². The third-order valence-electron chi connectivity index (χ3n) is 2.76. The van der Waals surface area contributed by atoms with Crippen molar-refractivity contribution in [2.45, 2.75) is 26.2 Å². The highest BCUT2D eigenvalue weighted by Gasteiger charge is 2.21. The summed E-state index contributed by atoms with van der Waals surface area (Å²) in [6.45, 7) is 7.18. The van der Waals surface area contributed by atoms with Crippen LogP contribution in [-0.4, -0.2) is 38.1 Å². The van der Waals surface area contributed by atoms with Gasteiger partial charge in [0.1, 0.15) is 0 Å². The van der Waals surface area contributed by atoms with Crippen LogP contribution in [0.3, 0.4) is 0 Å². The van der Waals surface area contributed by atoms with E-state index in [4.69, 9.17) is 0 Å². The van der Waals surface area contributed by atoms with E-state index in [2.05, 4.69) is 24.4 Å². The molecule has 0 aliphatic heterocycles. The van der Waals surface area contributed by atoms with Gasteiger partial charge in [0.05, 0.1) is 15.2 Å². The van der Waals surface area contributed by atoms with E-state index in [1.807, 2.05) is 30.3 Å². The van der Waals surface area contributed by atoms with Gasteiger partial charge in [-0.05, 0) is 5.56 Å². The largest absolute Gasteiger partial charge is 0.466 e. The highest BCUT2D eigenvalue weighted by molar-refractivity contribution is 6.76. The summed E-state index contributed by atoms with van der Waals surface area (Å²) in [7, 11) is -0.154. The molecule has 21 heavy (non-hydrogen) atoms. The van der Waals surface area contributed by atoms with E-state index >= 15 is 0 Å². The Hall–Kier alpha value is -1.88. The minimum atomic E-state index is -1.45. The lowest BCUT2D eigenvalue weighted by Crippen LogP contribution is -2.42. The van der Waals surface area contributed by atoms with Crippen LogP contribution in [0.1, 0.15) is 5.56 Å². The lowest BCUT2D eigenvalue weighted by atomic mass is 10.2. The number of ether oxygens (including phenoxy) is 1. The standard InChI is InChI=1S/C16H23NO3Si/c1-20-16(19)11-10-15(18)17(13-21(2,3)4)12-14-8-6-5-7-9-14/h5-11H,12-13H2,1-4H3/b11-10+. The van der Waals surface area contributed by atoms with Crippen LogP contribution in [-0.2, 0) is 20.9 Å². The van der Waals surface area contributed by atoms with E-state index in [-0.39, 0.29) is 5.91 Å². The molecule has 1 amide bonds. The Morgan fingerprint density at radius 3 is 2.29 bits per heavy atom. The monoisotopic (exact) mass is 305 g/mol. The van der Waals surface area contributed by atoms with Gasteiger partial charge >= 0.3 is 5.97 Å². The minimum absolute atomic E-state index is 0.160. The first-order valence-corrected chi connectivity index (χ1v) is 10.6. The number of hydrogen-bond donors (Lipinski definition) is 0. The predicted molar refractivity (Wildman–Crippen MR) is 86.4 cm³/mol. The minimum Gasteiger partial charge on any atom is -0.466 e. The Morgan fingerprint density at radius 2 is 1.76 bits per heavy atom. The fourth-order valence-electron chi connectivity index (χ4n) is 1.90. The van der Waals surface area contributed by atoms with Gasteiger partial charge < -0.3 is 9.64 Å². The average Bonchev–Trinajstić information content (AvgIpc) is 2.43. The second-order valence-corrected chi connectivity index (χ2v) is 11.5. The Labute approximate surface area is 127 Å². The molecule has 0 aliphatic carbocycles. The molecule has 0 heterocycles. The fraction of sp³-hybridized carbons (Fsp3) is 0.375. The number of esters is 1. The van der Waals surface area contributed by atoms with Crippen molar-refractivity contribution in [3.8, 4) is 0 Å². The Balaban J connectivity index is 2.84. The van der Waals surface area contributed by atoms with Crippen LogP contribution in [0.15, 0.2) is 42.5 Å². The number of methoxy groups -OCH3 is 1. The summed E-state index contributed by atoms with van der Waals surface area (Å²) in [5.41, 5.74) is 1.08. The van der Waals surface area contributed by atoms with Crippen molar-refractivity contribution in [2.75, 3.05) is 13.3 Å². The molecule has 0 bridgehead atoms. The quantitative estimate of drug-likeness (QED) is 0.461. The summed E-state index contributed by atoms with van der Waals surface area (Å²) in [5.74, 6) is -0.678. The van der Waals surface area contributed by atoms with Gasteiger partial charge in [-0.25, -0.2) is 4.79 Å². The molecule has 5 heteroatoms. The van der Waals surface area contributed by atoms with Crippen LogP contribution in [0.2, 0.25) is 19.6 Å². The molecular formula is C16H23NO3Si. The van der Waals surface area contributed by atoms with E-state index in [9.17, 15) is 9.59 Å². The summed E-state index contributed by atoms with van der Waals surface area (Å²) in [4.78, 5) is 25.2. The van der Waals surface area contributed by atoms with Crippen LogP contribution in [0, 0.1) is 0 Å². The molecule has 4 nitrogen and oxygen atoms in total. The van der Waals surface area contributed by atoms with Crippen LogP contribution in [0.5, 0.6) is 0 Å². The number of amides is 1. The van der Waals surface area contributed by atoms with Gasteiger partial charge in [-0.3, -0.25) is 4.79 Å². The normalized spacial score (nSPS) is 11.4. The number of hydrogen-bond acceptors (Lipinski definition) is 3. The topological polar surface area (TPSA) is 46.6 Å². The molecule has 0 aliphatic rings. The Morgan fingerprint density at radius 1 is 1.14 bits per heavy atom. The zero-order chi connectivity index (χ0) is 15.9. The first kappa shape index (κ1) is 17.2.